The summed E-state index contributed by atoms with van der Waals surface area (Å²) in [5, 5.41) is 14.1. The zero-order valence-corrected chi connectivity index (χ0v) is 16.8. The number of aliphatic hydroxyl groups is 1. The number of nitrogens with zero attached hydrogens (tertiary/aromatic N) is 3. The first kappa shape index (κ1) is 20.2. The Morgan fingerprint density at radius 1 is 1.35 bits per heavy atom. The summed E-state index contributed by atoms with van der Waals surface area (Å²) in [5.74, 6) is -0.880. The minimum Gasteiger partial charge on any atom is -0.467 e. The lowest BCUT2D eigenvalue weighted by atomic mass is 10.2. The van der Waals surface area contributed by atoms with Crippen molar-refractivity contribution in [3.05, 3.63) is 27.3 Å². The summed E-state index contributed by atoms with van der Waals surface area (Å²) in [6, 6.07) is 2.67. The summed E-state index contributed by atoms with van der Waals surface area (Å²) in [6.45, 7) is 0. The topological polar surface area (TPSA) is 138 Å². The summed E-state index contributed by atoms with van der Waals surface area (Å²) >= 11 is 1.86. The zero-order chi connectivity index (χ0) is 19.6. The second-order valence-corrected chi connectivity index (χ2v) is 7.83. The van der Waals surface area contributed by atoms with Gasteiger partial charge in [0.05, 0.1) is 19.8 Å². The van der Waals surface area contributed by atoms with E-state index in [9.17, 15) is 23.1 Å². The minimum atomic E-state index is -4.46. The Hall–Kier alpha value is -2.13. The molecule has 1 aromatic carbocycles. The van der Waals surface area contributed by atoms with E-state index < -0.39 is 33.3 Å². The summed E-state index contributed by atoms with van der Waals surface area (Å²) in [4.78, 5) is 24.7. The van der Waals surface area contributed by atoms with E-state index >= 15 is 0 Å². The summed E-state index contributed by atoms with van der Waals surface area (Å²) in [6.07, 6.45) is -1.56. The maximum Gasteiger partial charge on any atom is 0.355 e. The Morgan fingerprint density at radius 2 is 2.00 bits per heavy atom. The van der Waals surface area contributed by atoms with Gasteiger partial charge in [-0.25, -0.2) is 22.7 Å². The van der Waals surface area contributed by atoms with E-state index in [1.165, 1.54) is 32.4 Å². The lowest BCUT2D eigenvalue weighted by molar-refractivity contribution is -0.0272. The number of ether oxygens (including phenoxy) is 2. The van der Waals surface area contributed by atoms with Gasteiger partial charge in [0, 0.05) is 10.6 Å². The molecule has 1 aliphatic rings. The lowest BCUT2D eigenvalue weighted by Gasteiger charge is -2.21. The fraction of sp³-hybridized carbons (Fsp3) is 0.308. The fourth-order valence-corrected chi connectivity index (χ4v) is 3.88. The van der Waals surface area contributed by atoms with E-state index in [0.29, 0.717) is 8.58 Å². The summed E-state index contributed by atoms with van der Waals surface area (Å²) < 4.78 is 36.9. The molecular formula is C13H15IN4O7S. The second-order valence-electron chi connectivity index (χ2n) is 4.93. The normalized spacial score (nSPS) is 17.0. The molecule has 26 heavy (non-hydrogen) atoms. The van der Waals surface area contributed by atoms with Crippen LogP contribution >= 0.6 is 22.6 Å². The number of nitrogens with one attached hydrogen (secondary N) is 1. The molecule has 0 fully saturated rings. The Kier molecular flexibility index (Phi) is 5.92. The molecule has 1 heterocycles. The van der Waals surface area contributed by atoms with Crippen molar-refractivity contribution in [2.45, 2.75) is 11.2 Å². The van der Waals surface area contributed by atoms with Gasteiger partial charge < -0.3 is 14.6 Å². The SMILES string of the molecule is COC(=O)c1ccc(I)cc1S(=O)(=O)NC(=O)N1N=C(OC)N(C)C1O. The van der Waals surface area contributed by atoms with Crippen LogP contribution in [0.2, 0.25) is 0 Å². The van der Waals surface area contributed by atoms with Crippen LogP contribution in [-0.2, 0) is 19.5 Å². The number of amidine groups is 1. The van der Waals surface area contributed by atoms with Crippen LogP contribution in [0.25, 0.3) is 0 Å². The number of carbonyl (C=O) groups excluding carboxylic acids is 2. The average Bonchev–Trinajstić information content (AvgIpc) is 2.88. The number of rotatable bonds is 3. The first-order chi connectivity index (χ1) is 12.1. The van der Waals surface area contributed by atoms with Crippen molar-refractivity contribution in [3.63, 3.8) is 0 Å². The molecule has 0 aliphatic carbocycles. The van der Waals surface area contributed by atoms with Crippen molar-refractivity contribution in [3.8, 4) is 0 Å². The van der Waals surface area contributed by atoms with Crippen molar-refractivity contribution in [1.29, 1.82) is 0 Å². The standard InChI is InChI=1S/C13H15IN4O7S/c1-17-12(25-3)15-18(13(17)21)11(20)16-26(22,23)9-6-7(14)4-5-8(9)10(19)24-2/h4-6,13,21H,1-3H3,(H,16,20). The van der Waals surface area contributed by atoms with E-state index in [-0.39, 0.29) is 11.6 Å². The van der Waals surface area contributed by atoms with Crippen molar-refractivity contribution < 1.29 is 32.6 Å². The largest absolute Gasteiger partial charge is 0.467 e. The van der Waals surface area contributed by atoms with E-state index in [1.54, 1.807) is 4.72 Å². The molecule has 0 bridgehead atoms. The Balaban J connectivity index is 2.35. The molecule has 0 saturated carbocycles. The van der Waals surface area contributed by atoms with Gasteiger partial charge in [-0.2, -0.15) is 5.01 Å². The molecule has 1 aromatic rings. The number of methoxy groups -OCH3 is 2. The third-order valence-corrected chi connectivity index (χ3v) is 5.34. The molecule has 0 saturated heterocycles. The van der Waals surface area contributed by atoms with Gasteiger partial charge in [-0.05, 0) is 40.8 Å². The van der Waals surface area contributed by atoms with Gasteiger partial charge >= 0.3 is 18.0 Å². The predicted molar refractivity (Wildman–Crippen MR) is 96.3 cm³/mol. The number of esters is 1. The predicted octanol–water partition coefficient (Wildman–Crippen LogP) is -0.0832. The van der Waals surface area contributed by atoms with Gasteiger partial charge in [-0.1, -0.05) is 0 Å². The Bertz CT molecular complexity index is 873. The van der Waals surface area contributed by atoms with E-state index in [2.05, 4.69) is 9.84 Å². The van der Waals surface area contributed by atoms with Gasteiger partial charge in [0.15, 0.2) is 0 Å². The number of hydrogen-bond acceptors (Lipinski definition) is 9. The lowest BCUT2D eigenvalue weighted by Crippen LogP contribution is -2.47. The van der Waals surface area contributed by atoms with Crippen LogP contribution in [0.4, 0.5) is 4.79 Å². The highest BCUT2D eigenvalue weighted by molar-refractivity contribution is 14.1. The van der Waals surface area contributed by atoms with Crippen LogP contribution in [0.3, 0.4) is 0 Å². The van der Waals surface area contributed by atoms with Crippen molar-refractivity contribution in [2.24, 2.45) is 5.10 Å². The number of hydrogen-bond donors (Lipinski definition) is 2. The number of halogens is 1. The molecular weight excluding hydrogens is 483 g/mol. The molecule has 142 valence electrons. The molecule has 1 atom stereocenters. The van der Waals surface area contributed by atoms with Gasteiger partial charge in [0.2, 0.25) is 6.35 Å². The fourth-order valence-electron chi connectivity index (χ4n) is 2.03. The smallest absolute Gasteiger partial charge is 0.355 e. The van der Waals surface area contributed by atoms with Crippen LogP contribution in [0.15, 0.2) is 28.2 Å². The summed E-state index contributed by atoms with van der Waals surface area (Å²) in [5.41, 5.74) is -0.242. The number of amides is 2. The van der Waals surface area contributed by atoms with Gasteiger partial charge in [0.1, 0.15) is 4.90 Å². The summed E-state index contributed by atoms with van der Waals surface area (Å²) in [7, 11) is -0.688. The third kappa shape index (κ3) is 3.83. The first-order valence-corrected chi connectivity index (χ1v) is 9.46. The number of benzene rings is 1. The number of hydrazone groups is 1. The molecule has 0 spiro atoms. The maximum absolute atomic E-state index is 12.6. The van der Waals surface area contributed by atoms with Gasteiger partial charge in [-0.3, -0.25) is 4.90 Å². The molecule has 2 N–H and O–H groups in total. The number of carbonyl (C=O) groups is 2. The molecule has 1 unspecified atom stereocenters. The highest BCUT2D eigenvalue weighted by atomic mass is 127. The Labute approximate surface area is 162 Å². The van der Waals surface area contributed by atoms with E-state index in [0.717, 1.165) is 12.0 Å². The number of aliphatic hydroxyl groups excluding tert-OH is 1. The quantitative estimate of drug-likeness (QED) is 0.436. The number of urea groups is 1. The van der Waals surface area contributed by atoms with E-state index in [1.807, 2.05) is 22.6 Å². The van der Waals surface area contributed by atoms with Gasteiger partial charge in [0.25, 0.3) is 10.0 Å². The second kappa shape index (κ2) is 7.63. The third-order valence-electron chi connectivity index (χ3n) is 3.31. The minimum absolute atomic E-state index is 0.0884. The molecule has 1 aliphatic heterocycles. The molecule has 2 amide bonds. The van der Waals surface area contributed by atoms with Crippen LogP contribution in [0.1, 0.15) is 10.4 Å². The first-order valence-electron chi connectivity index (χ1n) is 6.89. The number of sulfonamides is 1. The van der Waals surface area contributed by atoms with E-state index in [4.69, 9.17) is 4.74 Å². The van der Waals surface area contributed by atoms with Crippen molar-refractivity contribution in [1.82, 2.24) is 14.6 Å². The van der Waals surface area contributed by atoms with Crippen LogP contribution in [-0.4, -0.2) is 69.1 Å². The van der Waals surface area contributed by atoms with Crippen molar-refractivity contribution >= 4 is 50.6 Å². The van der Waals surface area contributed by atoms with Crippen LogP contribution in [0.5, 0.6) is 0 Å². The van der Waals surface area contributed by atoms with Crippen molar-refractivity contribution in [2.75, 3.05) is 21.3 Å². The molecule has 13 heteroatoms. The highest BCUT2D eigenvalue weighted by Gasteiger charge is 2.37. The molecule has 11 nitrogen and oxygen atoms in total. The van der Waals surface area contributed by atoms with Crippen LogP contribution < -0.4 is 4.72 Å². The molecule has 0 radical (unpaired) electrons. The monoisotopic (exact) mass is 498 g/mol. The molecule has 0 aromatic heterocycles. The highest BCUT2D eigenvalue weighted by Crippen LogP contribution is 2.21. The van der Waals surface area contributed by atoms with Crippen LogP contribution in [0, 0.1) is 3.57 Å². The maximum atomic E-state index is 12.6. The average molecular weight is 498 g/mol. The van der Waals surface area contributed by atoms with Gasteiger partial charge in [-0.15, -0.1) is 5.10 Å². The molecule has 2 rings (SSSR count). The Morgan fingerprint density at radius 3 is 2.54 bits per heavy atom. The zero-order valence-electron chi connectivity index (χ0n) is 13.8.